The topological polar surface area (TPSA) is 120 Å². The van der Waals surface area contributed by atoms with Crippen molar-refractivity contribution in [3.63, 3.8) is 0 Å². The molecule has 3 aromatic heterocycles. The van der Waals surface area contributed by atoms with Gasteiger partial charge in [-0.3, -0.25) is 4.79 Å². The summed E-state index contributed by atoms with van der Waals surface area (Å²) in [5.74, 6) is 2.01. The molecule has 1 N–H and O–H groups in total. The van der Waals surface area contributed by atoms with E-state index in [0.29, 0.717) is 40.8 Å². The Morgan fingerprint density at radius 2 is 2.10 bits per heavy atom. The molecule has 9 nitrogen and oxygen atoms in total. The van der Waals surface area contributed by atoms with Crippen molar-refractivity contribution in [2.24, 2.45) is 0 Å². The first kappa shape index (κ1) is 19.9. The number of carbonyl (C=O) groups excluding carboxylic acids is 1. The summed E-state index contributed by atoms with van der Waals surface area (Å²) >= 11 is 1.29. The van der Waals surface area contributed by atoms with Crippen LogP contribution in [-0.2, 0) is 17.0 Å². The van der Waals surface area contributed by atoms with Crippen LogP contribution in [0.4, 0.5) is 5.69 Å². The molecule has 0 aliphatic rings. The lowest BCUT2D eigenvalue weighted by molar-refractivity contribution is -0.116. The number of benzene rings is 1. The highest BCUT2D eigenvalue weighted by Crippen LogP contribution is 2.25. The Morgan fingerprint density at radius 3 is 2.90 bits per heavy atom. The predicted molar refractivity (Wildman–Crippen MR) is 109 cm³/mol. The highest BCUT2D eigenvalue weighted by Gasteiger charge is 2.14. The number of hydrogen-bond donors (Lipinski definition) is 1. The van der Waals surface area contributed by atoms with Gasteiger partial charge in [0.25, 0.3) is 11.1 Å². The van der Waals surface area contributed by atoms with E-state index < -0.39 is 0 Å². The monoisotopic (exact) mass is 425 g/mol. The molecule has 0 fully saturated rings. The molecule has 4 rings (SSSR count). The number of hydrogen-bond acceptors (Lipinski definition) is 9. The van der Waals surface area contributed by atoms with E-state index in [1.807, 2.05) is 32.0 Å². The summed E-state index contributed by atoms with van der Waals surface area (Å²) in [4.78, 5) is 16.5. The van der Waals surface area contributed by atoms with Crippen molar-refractivity contribution in [3.8, 4) is 11.7 Å². The van der Waals surface area contributed by atoms with E-state index in [2.05, 4.69) is 25.7 Å². The summed E-state index contributed by atoms with van der Waals surface area (Å²) in [5.41, 5.74) is 2.98. The SMILES string of the molecule is Cc1ccc(NC(=O)CCc2nc(CSc3nnc(-c4ccco4)o3)no2)c(C)c1. The second-order valence-electron chi connectivity index (χ2n) is 6.61. The summed E-state index contributed by atoms with van der Waals surface area (Å²) in [7, 11) is 0. The molecule has 3 heterocycles. The van der Waals surface area contributed by atoms with Crippen LogP contribution in [-0.4, -0.2) is 26.2 Å². The summed E-state index contributed by atoms with van der Waals surface area (Å²) in [6.07, 6.45) is 2.14. The Balaban J connectivity index is 1.25. The molecule has 30 heavy (non-hydrogen) atoms. The third-order valence-electron chi connectivity index (χ3n) is 4.20. The number of nitrogens with zero attached hydrogens (tertiary/aromatic N) is 4. The minimum Gasteiger partial charge on any atom is -0.459 e. The number of rotatable bonds is 8. The Morgan fingerprint density at radius 1 is 1.20 bits per heavy atom. The van der Waals surface area contributed by atoms with Crippen molar-refractivity contribution in [1.29, 1.82) is 0 Å². The number of thioether (sulfide) groups is 1. The molecule has 154 valence electrons. The first-order valence-corrected chi connectivity index (χ1v) is 10.2. The number of carbonyl (C=O) groups is 1. The highest BCUT2D eigenvalue weighted by molar-refractivity contribution is 7.98. The minimum absolute atomic E-state index is 0.104. The quantitative estimate of drug-likeness (QED) is 0.414. The van der Waals surface area contributed by atoms with Crippen molar-refractivity contribution >= 4 is 23.4 Å². The fourth-order valence-electron chi connectivity index (χ4n) is 2.73. The van der Waals surface area contributed by atoms with Gasteiger partial charge in [0.15, 0.2) is 11.6 Å². The van der Waals surface area contributed by atoms with E-state index in [9.17, 15) is 4.79 Å². The Bertz CT molecular complexity index is 1140. The number of aromatic nitrogens is 4. The number of anilines is 1. The summed E-state index contributed by atoms with van der Waals surface area (Å²) < 4.78 is 16.0. The second kappa shape index (κ2) is 8.95. The van der Waals surface area contributed by atoms with Gasteiger partial charge in [0.2, 0.25) is 11.8 Å². The molecule has 0 aliphatic carbocycles. The molecule has 4 aromatic rings. The molecule has 0 bridgehead atoms. The third-order valence-corrected chi connectivity index (χ3v) is 5.01. The van der Waals surface area contributed by atoms with Crippen LogP contribution < -0.4 is 5.32 Å². The fraction of sp³-hybridized carbons (Fsp3) is 0.250. The summed E-state index contributed by atoms with van der Waals surface area (Å²) in [6.45, 7) is 3.98. The molecule has 0 atom stereocenters. The average Bonchev–Trinajstić information content (AvgIpc) is 3.48. The molecule has 0 radical (unpaired) electrons. The lowest BCUT2D eigenvalue weighted by atomic mass is 10.1. The largest absolute Gasteiger partial charge is 0.459 e. The van der Waals surface area contributed by atoms with Gasteiger partial charge in [0.05, 0.1) is 12.0 Å². The van der Waals surface area contributed by atoms with Crippen LogP contribution in [0, 0.1) is 13.8 Å². The van der Waals surface area contributed by atoms with Gasteiger partial charge in [-0.25, -0.2) is 0 Å². The lowest BCUT2D eigenvalue weighted by Crippen LogP contribution is -2.13. The van der Waals surface area contributed by atoms with Crippen molar-refractivity contribution in [3.05, 3.63) is 59.4 Å². The van der Waals surface area contributed by atoms with Crippen LogP contribution in [0.25, 0.3) is 11.7 Å². The van der Waals surface area contributed by atoms with Crippen LogP contribution in [0.2, 0.25) is 0 Å². The zero-order valence-electron chi connectivity index (χ0n) is 16.4. The van der Waals surface area contributed by atoms with Gasteiger partial charge in [-0.05, 0) is 37.6 Å². The van der Waals surface area contributed by atoms with Crippen molar-refractivity contribution in [1.82, 2.24) is 20.3 Å². The predicted octanol–water partition coefficient (Wildman–Crippen LogP) is 4.19. The zero-order chi connectivity index (χ0) is 20.9. The molecule has 0 saturated carbocycles. The summed E-state index contributed by atoms with van der Waals surface area (Å²) in [6, 6.07) is 9.38. The smallest absolute Gasteiger partial charge is 0.284 e. The van der Waals surface area contributed by atoms with Crippen LogP contribution in [0.1, 0.15) is 29.3 Å². The molecule has 0 unspecified atom stereocenters. The van der Waals surface area contributed by atoms with E-state index in [1.54, 1.807) is 12.1 Å². The highest BCUT2D eigenvalue weighted by atomic mass is 32.2. The molecule has 0 aliphatic heterocycles. The Hall–Kier alpha value is -3.40. The molecule has 1 aromatic carbocycles. The number of amides is 1. The zero-order valence-corrected chi connectivity index (χ0v) is 17.2. The molecule has 10 heteroatoms. The molecular weight excluding hydrogens is 406 g/mol. The van der Waals surface area contributed by atoms with Crippen molar-refractivity contribution in [2.75, 3.05) is 5.32 Å². The standard InChI is InChI=1S/C20H19N5O4S/c1-12-5-6-14(13(2)10-12)21-17(26)7-8-18-22-16(25-29-18)11-30-20-24-23-19(28-20)15-4-3-9-27-15/h3-6,9-10H,7-8,11H2,1-2H3,(H,21,26). The maximum Gasteiger partial charge on any atom is 0.284 e. The molecule has 0 spiro atoms. The Kier molecular flexibility index (Phi) is 5.94. The van der Waals surface area contributed by atoms with Gasteiger partial charge in [0.1, 0.15) is 0 Å². The van der Waals surface area contributed by atoms with Gasteiger partial charge in [-0.2, -0.15) is 4.98 Å². The van der Waals surface area contributed by atoms with Crippen LogP contribution in [0.15, 0.2) is 55.2 Å². The van der Waals surface area contributed by atoms with Crippen molar-refractivity contribution in [2.45, 2.75) is 37.7 Å². The first-order valence-electron chi connectivity index (χ1n) is 9.25. The normalized spacial score (nSPS) is 11.0. The molecular formula is C20H19N5O4S. The number of nitrogens with one attached hydrogen (secondary N) is 1. The van der Waals surface area contributed by atoms with Gasteiger partial charge in [0, 0.05) is 18.5 Å². The average molecular weight is 425 g/mol. The van der Waals surface area contributed by atoms with E-state index in [-0.39, 0.29) is 12.3 Å². The maximum atomic E-state index is 12.2. The first-order chi connectivity index (χ1) is 14.6. The van der Waals surface area contributed by atoms with Crippen LogP contribution in [0.5, 0.6) is 0 Å². The Labute approximate surface area is 176 Å². The number of aryl methyl sites for hydroxylation is 3. The molecule has 0 saturated heterocycles. The summed E-state index contributed by atoms with van der Waals surface area (Å²) in [5, 5.41) is 15.1. The van der Waals surface area contributed by atoms with E-state index >= 15 is 0 Å². The van der Waals surface area contributed by atoms with Gasteiger partial charge >= 0.3 is 0 Å². The van der Waals surface area contributed by atoms with Crippen LogP contribution >= 0.6 is 11.8 Å². The van der Waals surface area contributed by atoms with Gasteiger partial charge in [-0.1, -0.05) is 34.6 Å². The lowest BCUT2D eigenvalue weighted by Gasteiger charge is -2.08. The maximum absolute atomic E-state index is 12.2. The van der Waals surface area contributed by atoms with Gasteiger partial charge in [-0.15, -0.1) is 10.2 Å². The van der Waals surface area contributed by atoms with Gasteiger partial charge < -0.3 is 18.7 Å². The van der Waals surface area contributed by atoms with Crippen molar-refractivity contribution < 1.29 is 18.2 Å². The van der Waals surface area contributed by atoms with Crippen LogP contribution in [0.3, 0.4) is 0 Å². The third kappa shape index (κ3) is 4.95. The van der Waals surface area contributed by atoms with E-state index in [0.717, 1.165) is 16.8 Å². The molecule has 1 amide bonds. The van der Waals surface area contributed by atoms with E-state index in [4.69, 9.17) is 13.4 Å². The van der Waals surface area contributed by atoms with E-state index in [1.165, 1.54) is 18.0 Å². The fourth-order valence-corrected chi connectivity index (χ4v) is 3.34. The second-order valence-corrected chi connectivity index (χ2v) is 7.54. The minimum atomic E-state index is -0.104. The number of furan rings is 1.